The topological polar surface area (TPSA) is 111 Å². The van der Waals surface area contributed by atoms with Crippen molar-refractivity contribution < 1.29 is 19.1 Å². The summed E-state index contributed by atoms with van der Waals surface area (Å²) in [6, 6.07) is 6.84. The SMILES string of the molecule is O=C(c1cccc(-n2cnnn2)c1)N1CCC(N2C(=O)COC2=O)CC1. The van der Waals surface area contributed by atoms with Gasteiger partial charge in [-0.1, -0.05) is 6.07 Å². The van der Waals surface area contributed by atoms with E-state index in [1.807, 2.05) is 6.07 Å². The smallest absolute Gasteiger partial charge is 0.417 e. The highest BCUT2D eigenvalue weighted by Crippen LogP contribution is 2.22. The number of likely N-dealkylation sites (tertiary alicyclic amines) is 1. The fraction of sp³-hybridized carbons (Fsp3) is 0.375. The number of cyclic esters (lactones) is 1. The number of hydrogen-bond acceptors (Lipinski definition) is 7. The molecule has 0 aliphatic carbocycles. The first kappa shape index (κ1) is 16.2. The average molecular weight is 356 g/mol. The van der Waals surface area contributed by atoms with Gasteiger partial charge in [0.2, 0.25) is 0 Å². The summed E-state index contributed by atoms with van der Waals surface area (Å²) >= 11 is 0. The zero-order valence-corrected chi connectivity index (χ0v) is 13.8. The number of carbonyl (C=O) groups is 3. The van der Waals surface area contributed by atoms with Gasteiger partial charge in [0.25, 0.3) is 11.8 Å². The summed E-state index contributed by atoms with van der Waals surface area (Å²) in [6.45, 7) is 0.743. The molecule has 0 unspecified atom stereocenters. The predicted octanol–water partition coefficient (Wildman–Crippen LogP) is 0.246. The molecule has 2 aliphatic rings. The van der Waals surface area contributed by atoms with Gasteiger partial charge in [-0.3, -0.25) is 9.59 Å². The number of carbonyl (C=O) groups excluding carboxylic acids is 3. The zero-order chi connectivity index (χ0) is 18.1. The minimum atomic E-state index is -0.589. The number of hydrogen-bond donors (Lipinski definition) is 0. The van der Waals surface area contributed by atoms with Crippen LogP contribution < -0.4 is 0 Å². The molecule has 1 aromatic carbocycles. The second-order valence-corrected chi connectivity index (χ2v) is 6.15. The van der Waals surface area contributed by atoms with Crippen molar-refractivity contribution in [2.45, 2.75) is 18.9 Å². The maximum atomic E-state index is 12.8. The fourth-order valence-electron chi connectivity index (χ4n) is 3.29. The lowest BCUT2D eigenvalue weighted by molar-refractivity contribution is -0.127. The van der Waals surface area contributed by atoms with Gasteiger partial charge in [0.05, 0.1) is 5.69 Å². The van der Waals surface area contributed by atoms with Gasteiger partial charge in [-0.2, -0.15) is 0 Å². The van der Waals surface area contributed by atoms with E-state index in [-0.39, 0.29) is 24.5 Å². The maximum absolute atomic E-state index is 12.8. The van der Waals surface area contributed by atoms with Crippen molar-refractivity contribution >= 4 is 17.9 Å². The first-order chi connectivity index (χ1) is 12.6. The number of imide groups is 1. The molecule has 10 nitrogen and oxygen atoms in total. The molecule has 10 heteroatoms. The molecular formula is C16H16N6O4. The van der Waals surface area contributed by atoms with E-state index in [1.165, 1.54) is 15.9 Å². The summed E-state index contributed by atoms with van der Waals surface area (Å²) in [5, 5.41) is 11.0. The number of piperidine rings is 1. The standard InChI is InChI=1S/C16H16N6O4/c23-14-9-26-16(25)22(14)12-4-6-20(7-5-12)15(24)11-2-1-3-13(8-11)21-10-17-18-19-21/h1-3,8,10,12H,4-7,9H2. The monoisotopic (exact) mass is 356 g/mol. The maximum Gasteiger partial charge on any atom is 0.417 e. The molecule has 26 heavy (non-hydrogen) atoms. The molecule has 2 aliphatic heterocycles. The zero-order valence-electron chi connectivity index (χ0n) is 13.8. The van der Waals surface area contributed by atoms with Gasteiger partial charge < -0.3 is 9.64 Å². The number of benzene rings is 1. The van der Waals surface area contributed by atoms with Crippen LogP contribution in [0.5, 0.6) is 0 Å². The third-order valence-corrected chi connectivity index (χ3v) is 4.61. The number of rotatable bonds is 3. The van der Waals surface area contributed by atoms with Crippen molar-refractivity contribution in [1.82, 2.24) is 30.0 Å². The average Bonchev–Trinajstić information content (AvgIpc) is 3.32. The molecule has 3 heterocycles. The second-order valence-electron chi connectivity index (χ2n) is 6.15. The summed E-state index contributed by atoms with van der Waals surface area (Å²) in [7, 11) is 0. The van der Waals surface area contributed by atoms with E-state index in [9.17, 15) is 14.4 Å². The third-order valence-electron chi connectivity index (χ3n) is 4.61. The number of aromatic nitrogens is 4. The van der Waals surface area contributed by atoms with E-state index >= 15 is 0 Å². The van der Waals surface area contributed by atoms with Gasteiger partial charge >= 0.3 is 6.09 Å². The van der Waals surface area contributed by atoms with Crippen molar-refractivity contribution in [2.75, 3.05) is 19.7 Å². The Morgan fingerprint density at radius 3 is 2.65 bits per heavy atom. The van der Waals surface area contributed by atoms with Crippen molar-refractivity contribution in [3.8, 4) is 5.69 Å². The van der Waals surface area contributed by atoms with Crippen LogP contribution in [-0.2, 0) is 9.53 Å². The molecule has 0 spiro atoms. The van der Waals surface area contributed by atoms with Crippen LogP contribution in [0.15, 0.2) is 30.6 Å². The van der Waals surface area contributed by atoms with E-state index in [4.69, 9.17) is 4.74 Å². The van der Waals surface area contributed by atoms with Crippen LogP contribution in [0, 0.1) is 0 Å². The van der Waals surface area contributed by atoms with Crippen LogP contribution in [0.2, 0.25) is 0 Å². The third kappa shape index (κ3) is 2.89. The van der Waals surface area contributed by atoms with E-state index in [0.717, 1.165) is 0 Å². The minimum absolute atomic E-state index is 0.103. The quantitative estimate of drug-likeness (QED) is 0.775. The van der Waals surface area contributed by atoms with Gasteiger partial charge in [-0.05, 0) is 41.5 Å². The normalized spacial score (nSPS) is 18.3. The first-order valence-electron chi connectivity index (χ1n) is 8.25. The van der Waals surface area contributed by atoms with E-state index in [1.54, 1.807) is 23.1 Å². The molecular weight excluding hydrogens is 340 g/mol. The highest BCUT2D eigenvalue weighted by atomic mass is 16.6. The molecule has 0 saturated carbocycles. The molecule has 134 valence electrons. The van der Waals surface area contributed by atoms with Crippen LogP contribution in [0.1, 0.15) is 23.2 Å². The van der Waals surface area contributed by atoms with Crippen LogP contribution in [-0.4, -0.2) is 73.7 Å². The molecule has 2 aromatic rings. The molecule has 0 radical (unpaired) electrons. The van der Waals surface area contributed by atoms with E-state index in [0.29, 0.717) is 37.2 Å². The van der Waals surface area contributed by atoms with Gasteiger partial charge in [-0.15, -0.1) is 5.10 Å². The summed E-state index contributed by atoms with van der Waals surface area (Å²) in [5.41, 5.74) is 1.23. The highest BCUT2D eigenvalue weighted by Gasteiger charge is 2.39. The fourth-order valence-corrected chi connectivity index (χ4v) is 3.29. The lowest BCUT2D eigenvalue weighted by atomic mass is 10.0. The molecule has 2 fully saturated rings. The lowest BCUT2D eigenvalue weighted by Crippen LogP contribution is -2.48. The van der Waals surface area contributed by atoms with Gasteiger partial charge in [0.15, 0.2) is 6.61 Å². The van der Waals surface area contributed by atoms with Gasteiger partial charge in [0, 0.05) is 24.7 Å². The Balaban J connectivity index is 1.43. The number of amides is 3. The molecule has 0 bridgehead atoms. The molecule has 3 amide bonds. The lowest BCUT2D eigenvalue weighted by Gasteiger charge is -2.34. The molecule has 2 saturated heterocycles. The Kier molecular flexibility index (Phi) is 4.07. The molecule has 0 atom stereocenters. The number of tetrazole rings is 1. The Morgan fingerprint density at radius 2 is 2.00 bits per heavy atom. The second kappa shape index (κ2) is 6.54. The molecule has 1 aromatic heterocycles. The summed E-state index contributed by atoms with van der Waals surface area (Å²) in [5.74, 6) is -0.414. The number of nitrogens with zero attached hydrogens (tertiary/aromatic N) is 6. The van der Waals surface area contributed by atoms with E-state index < -0.39 is 6.09 Å². The summed E-state index contributed by atoms with van der Waals surface area (Å²) in [6.07, 6.45) is 1.95. The van der Waals surface area contributed by atoms with E-state index in [2.05, 4.69) is 15.5 Å². The van der Waals surface area contributed by atoms with Gasteiger partial charge in [0.1, 0.15) is 6.33 Å². The Morgan fingerprint density at radius 1 is 1.19 bits per heavy atom. The van der Waals surface area contributed by atoms with Crippen molar-refractivity contribution in [1.29, 1.82) is 0 Å². The molecule has 0 N–H and O–H groups in total. The number of ether oxygens (including phenoxy) is 1. The van der Waals surface area contributed by atoms with Crippen LogP contribution in [0.25, 0.3) is 5.69 Å². The van der Waals surface area contributed by atoms with Gasteiger partial charge in [-0.25, -0.2) is 14.4 Å². The van der Waals surface area contributed by atoms with Crippen molar-refractivity contribution in [3.05, 3.63) is 36.2 Å². The minimum Gasteiger partial charge on any atom is -0.439 e. The van der Waals surface area contributed by atoms with Crippen molar-refractivity contribution in [2.24, 2.45) is 0 Å². The Hall–Kier alpha value is -3.30. The van der Waals surface area contributed by atoms with Crippen LogP contribution in [0.4, 0.5) is 4.79 Å². The predicted molar refractivity (Wildman–Crippen MR) is 86.3 cm³/mol. The first-order valence-corrected chi connectivity index (χ1v) is 8.25. The molecule has 4 rings (SSSR count). The summed E-state index contributed by atoms with van der Waals surface area (Å²) in [4.78, 5) is 39.1. The Bertz CT molecular complexity index is 828. The van der Waals surface area contributed by atoms with Crippen LogP contribution >= 0.6 is 0 Å². The van der Waals surface area contributed by atoms with Crippen molar-refractivity contribution in [3.63, 3.8) is 0 Å². The highest BCUT2D eigenvalue weighted by molar-refractivity contribution is 5.98. The summed E-state index contributed by atoms with van der Waals surface area (Å²) < 4.78 is 6.24. The Labute approximate surface area is 148 Å². The largest absolute Gasteiger partial charge is 0.439 e. The van der Waals surface area contributed by atoms with Crippen LogP contribution in [0.3, 0.4) is 0 Å².